The predicted molar refractivity (Wildman–Crippen MR) is 163 cm³/mol. The molecule has 0 amide bonds. The Morgan fingerprint density at radius 2 is 0.881 bits per heavy atom. The topological polar surface area (TPSA) is 49.4 Å². The highest BCUT2D eigenvalue weighted by atomic mass is 31.2. The largest absolute Gasteiger partial charge is 0.379 e. The van der Waals surface area contributed by atoms with Crippen molar-refractivity contribution in [2.24, 2.45) is 0 Å². The second kappa shape index (κ2) is 11.3. The van der Waals surface area contributed by atoms with Crippen molar-refractivity contribution in [3.05, 3.63) is 144 Å². The van der Waals surface area contributed by atoms with Crippen LogP contribution >= 0.6 is 8.53 Å². The summed E-state index contributed by atoms with van der Waals surface area (Å²) in [7, 11) is -1.65. The van der Waals surface area contributed by atoms with Gasteiger partial charge in [-0.05, 0) is 36.1 Å². The third kappa shape index (κ3) is 4.72. The first kappa shape index (κ1) is 27.9. The standard InChI is InChI=1S/C35H36NO5P/c1-33(2)38-31-32(39-33)35(29-19-11-5-12-20-29,30-21-13-6-14-22-30)41-42(36-23-25-37-26-24-36)40-34(31,27-15-7-3-8-16-27)28-17-9-4-10-18-28/h3-22,31-32H,23-26H2,1-2H3. The lowest BCUT2D eigenvalue weighted by Gasteiger charge is -2.42. The molecule has 42 heavy (non-hydrogen) atoms. The molecule has 4 aromatic carbocycles. The van der Waals surface area contributed by atoms with Crippen molar-refractivity contribution < 1.29 is 23.3 Å². The van der Waals surface area contributed by atoms with Crippen LogP contribution in [0.1, 0.15) is 36.1 Å². The summed E-state index contributed by atoms with van der Waals surface area (Å²) in [6.45, 7) is 6.60. The number of nitrogens with zero attached hydrogens (tertiary/aromatic N) is 1. The van der Waals surface area contributed by atoms with Gasteiger partial charge in [0.1, 0.15) is 12.2 Å². The average molecular weight is 582 g/mol. The fourth-order valence-corrected chi connectivity index (χ4v) is 8.38. The first-order chi connectivity index (χ1) is 20.5. The number of morpholine rings is 1. The molecule has 0 radical (unpaired) electrons. The van der Waals surface area contributed by atoms with Gasteiger partial charge in [-0.3, -0.25) is 0 Å². The molecule has 7 heteroatoms. The monoisotopic (exact) mass is 581 g/mol. The lowest BCUT2D eigenvalue weighted by atomic mass is 9.72. The molecule has 3 heterocycles. The van der Waals surface area contributed by atoms with Crippen molar-refractivity contribution in [3.8, 4) is 0 Å². The highest BCUT2D eigenvalue weighted by Crippen LogP contribution is 2.65. The van der Waals surface area contributed by atoms with Crippen LogP contribution in [0.5, 0.6) is 0 Å². The summed E-state index contributed by atoms with van der Waals surface area (Å²) in [4.78, 5) is 0. The molecule has 0 bridgehead atoms. The SMILES string of the molecule is CC1(C)OC2C(O1)C(c1ccccc1)(c1ccccc1)OP(N1CCOCC1)OC2(c1ccccc1)c1ccccc1. The summed E-state index contributed by atoms with van der Waals surface area (Å²) in [6, 6.07) is 41.6. The molecular weight excluding hydrogens is 545 g/mol. The molecule has 0 aliphatic carbocycles. The van der Waals surface area contributed by atoms with E-state index in [4.69, 9.17) is 23.3 Å². The van der Waals surface area contributed by atoms with E-state index in [1.807, 2.05) is 38.1 Å². The van der Waals surface area contributed by atoms with E-state index < -0.39 is 37.7 Å². The third-order valence-corrected chi connectivity index (χ3v) is 10.1. The van der Waals surface area contributed by atoms with Crippen molar-refractivity contribution in [3.63, 3.8) is 0 Å². The van der Waals surface area contributed by atoms with E-state index in [-0.39, 0.29) is 0 Å². The first-order valence-electron chi connectivity index (χ1n) is 14.6. The van der Waals surface area contributed by atoms with Crippen LogP contribution in [0.2, 0.25) is 0 Å². The van der Waals surface area contributed by atoms with E-state index in [1.165, 1.54) is 0 Å². The van der Waals surface area contributed by atoms with E-state index in [0.29, 0.717) is 26.3 Å². The average Bonchev–Trinajstić information content (AvgIpc) is 3.33. The number of hydrogen-bond donors (Lipinski definition) is 0. The predicted octanol–water partition coefficient (Wildman–Crippen LogP) is 7.00. The molecule has 6 nitrogen and oxygen atoms in total. The van der Waals surface area contributed by atoms with E-state index in [9.17, 15) is 0 Å². The van der Waals surface area contributed by atoms with Gasteiger partial charge in [0.2, 0.25) is 0 Å². The van der Waals surface area contributed by atoms with E-state index in [0.717, 1.165) is 22.3 Å². The van der Waals surface area contributed by atoms with Gasteiger partial charge in [-0.2, -0.15) is 0 Å². The number of benzene rings is 4. The summed E-state index contributed by atoms with van der Waals surface area (Å²) >= 11 is 0. The van der Waals surface area contributed by atoms with Gasteiger partial charge in [0.25, 0.3) is 8.53 Å². The molecule has 216 valence electrons. The molecular formula is C35H36NO5P. The van der Waals surface area contributed by atoms with E-state index >= 15 is 0 Å². The molecule has 3 fully saturated rings. The van der Waals surface area contributed by atoms with Crippen LogP contribution < -0.4 is 0 Å². The fourth-order valence-electron chi connectivity index (χ4n) is 6.50. The number of hydrogen-bond acceptors (Lipinski definition) is 6. The van der Waals surface area contributed by atoms with Crippen molar-refractivity contribution >= 4 is 8.53 Å². The minimum atomic E-state index is -1.65. The molecule has 3 aliphatic rings. The third-order valence-electron chi connectivity index (χ3n) is 8.37. The second-order valence-corrected chi connectivity index (χ2v) is 12.8. The Morgan fingerprint density at radius 1 is 0.548 bits per heavy atom. The molecule has 0 spiro atoms. The molecule has 7 rings (SSSR count). The number of ether oxygens (including phenoxy) is 3. The summed E-state index contributed by atoms with van der Waals surface area (Å²) in [5.41, 5.74) is 1.91. The minimum Gasteiger partial charge on any atom is -0.379 e. The van der Waals surface area contributed by atoms with E-state index in [2.05, 4.69) is 102 Å². The Balaban J connectivity index is 1.55. The smallest absolute Gasteiger partial charge is 0.261 e. The Kier molecular flexibility index (Phi) is 7.49. The Hall–Kier alpha value is -2.93. The van der Waals surface area contributed by atoms with Crippen LogP contribution in [0.25, 0.3) is 0 Å². The Labute approximate surface area is 249 Å². The zero-order valence-corrected chi connectivity index (χ0v) is 24.9. The summed E-state index contributed by atoms with van der Waals surface area (Å²) < 4.78 is 37.2. The number of rotatable bonds is 5. The van der Waals surface area contributed by atoms with Gasteiger partial charge in [0, 0.05) is 13.1 Å². The van der Waals surface area contributed by atoms with Crippen LogP contribution in [0, 0.1) is 0 Å². The maximum atomic E-state index is 7.52. The van der Waals surface area contributed by atoms with Gasteiger partial charge in [-0.15, -0.1) is 0 Å². The zero-order valence-electron chi connectivity index (χ0n) is 24.0. The van der Waals surface area contributed by atoms with Gasteiger partial charge in [-0.1, -0.05) is 121 Å². The molecule has 0 aromatic heterocycles. The molecule has 4 aromatic rings. The highest BCUT2D eigenvalue weighted by Gasteiger charge is 2.67. The van der Waals surface area contributed by atoms with E-state index in [1.54, 1.807) is 0 Å². The number of fused-ring (bicyclic) bond motifs is 1. The van der Waals surface area contributed by atoms with Gasteiger partial charge in [0.05, 0.1) is 13.2 Å². The molecule has 0 saturated carbocycles. The molecule has 2 atom stereocenters. The molecule has 3 aliphatic heterocycles. The van der Waals surface area contributed by atoms with Crippen molar-refractivity contribution in [1.82, 2.24) is 4.67 Å². The van der Waals surface area contributed by atoms with Crippen LogP contribution in [0.4, 0.5) is 0 Å². The normalized spacial score (nSPS) is 26.7. The maximum absolute atomic E-state index is 7.52. The lowest BCUT2D eigenvalue weighted by Crippen LogP contribution is -2.53. The Bertz CT molecular complexity index is 1280. The van der Waals surface area contributed by atoms with Gasteiger partial charge in [-0.25, -0.2) is 4.67 Å². The Morgan fingerprint density at radius 3 is 1.21 bits per heavy atom. The van der Waals surface area contributed by atoms with Crippen molar-refractivity contribution in [2.45, 2.75) is 43.0 Å². The second-order valence-electron chi connectivity index (χ2n) is 11.4. The minimum absolute atomic E-state index is 0.564. The van der Waals surface area contributed by atoms with Gasteiger partial charge >= 0.3 is 0 Å². The highest BCUT2D eigenvalue weighted by molar-refractivity contribution is 7.44. The van der Waals surface area contributed by atoms with Crippen LogP contribution in [-0.2, 0) is 34.5 Å². The molecule has 2 unspecified atom stereocenters. The summed E-state index contributed by atoms with van der Waals surface area (Å²) in [5, 5.41) is 0. The quantitative estimate of drug-likeness (QED) is 0.237. The fraction of sp³-hybridized carbons (Fsp3) is 0.314. The maximum Gasteiger partial charge on any atom is 0.261 e. The van der Waals surface area contributed by atoms with Gasteiger partial charge < -0.3 is 23.3 Å². The zero-order chi connectivity index (χ0) is 28.6. The van der Waals surface area contributed by atoms with Crippen LogP contribution in [-0.4, -0.2) is 49.0 Å². The van der Waals surface area contributed by atoms with Crippen molar-refractivity contribution in [2.75, 3.05) is 26.3 Å². The summed E-state index contributed by atoms with van der Waals surface area (Å²) in [6.07, 6.45) is -1.13. The van der Waals surface area contributed by atoms with Crippen LogP contribution in [0.3, 0.4) is 0 Å². The van der Waals surface area contributed by atoms with Gasteiger partial charge in [0.15, 0.2) is 17.0 Å². The summed E-state index contributed by atoms with van der Waals surface area (Å²) in [5.74, 6) is -0.898. The molecule has 0 N–H and O–H groups in total. The molecule has 3 saturated heterocycles. The lowest BCUT2D eigenvalue weighted by molar-refractivity contribution is -0.175. The van der Waals surface area contributed by atoms with Crippen molar-refractivity contribution in [1.29, 1.82) is 0 Å². The van der Waals surface area contributed by atoms with Crippen LogP contribution in [0.15, 0.2) is 121 Å². The first-order valence-corrected chi connectivity index (χ1v) is 15.7.